The average Bonchev–Trinajstić information content (AvgIpc) is 2.27. The standard InChI is InChI=1S/C12H8BrN3OS/c1-7-5-11(17)16-12(15-7)18-10-4-2-3-9(13)8(10)6-14/h2-5H,1H3,(H,15,16,17). The molecule has 1 N–H and O–H groups in total. The Morgan fingerprint density at radius 3 is 2.94 bits per heavy atom. The highest BCUT2D eigenvalue weighted by atomic mass is 79.9. The van der Waals surface area contributed by atoms with E-state index < -0.39 is 0 Å². The lowest BCUT2D eigenvalue weighted by Crippen LogP contribution is -2.07. The molecule has 4 nitrogen and oxygen atoms in total. The number of benzene rings is 1. The molecule has 0 saturated carbocycles. The van der Waals surface area contributed by atoms with Crippen LogP contribution in [0.5, 0.6) is 0 Å². The molecule has 0 atom stereocenters. The Hall–Kier alpha value is -1.58. The van der Waals surface area contributed by atoms with Crippen LogP contribution in [-0.2, 0) is 0 Å². The zero-order valence-electron chi connectivity index (χ0n) is 9.40. The number of halogens is 1. The first-order valence-electron chi connectivity index (χ1n) is 5.04. The van der Waals surface area contributed by atoms with E-state index in [1.54, 1.807) is 13.0 Å². The summed E-state index contributed by atoms with van der Waals surface area (Å²) in [6, 6.07) is 9.00. The molecule has 0 saturated heterocycles. The third-order valence-electron chi connectivity index (χ3n) is 2.14. The molecule has 0 bridgehead atoms. The highest BCUT2D eigenvalue weighted by Crippen LogP contribution is 2.31. The number of aromatic nitrogens is 2. The summed E-state index contributed by atoms with van der Waals surface area (Å²) in [6.07, 6.45) is 0. The molecule has 0 fully saturated rings. The molecular weight excluding hydrogens is 314 g/mol. The van der Waals surface area contributed by atoms with Crippen molar-refractivity contribution in [3.05, 3.63) is 50.3 Å². The minimum absolute atomic E-state index is 0.196. The minimum Gasteiger partial charge on any atom is -0.301 e. The van der Waals surface area contributed by atoms with Crippen molar-refractivity contribution in [2.24, 2.45) is 0 Å². The second-order valence-corrected chi connectivity index (χ2v) is 5.40. The van der Waals surface area contributed by atoms with Gasteiger partial charge in [0.15, 0.2) is 5.16 Å². The maximum absolute atomic E-state index is 11.3. The van der Waals surface area contributed by atoms with Gasteiger partial charge in [0.25, 0.3) is 5.56 Å². The zero-order valence-corrected chi connectivity index (χ0v) is 11.8. The van der Waals surface area contributed by atoms with Gasteiger partial charge in [0.2, 0.25) is 0 Å². The lowest BCUT2D eigenvalue weighted by atomic mass is 10.2. The van der Waals surface area contributed by atoms with E-state index in [1.165, 1.54) is 17.8 Å². The molecule has 2 aromatic rings. The largest absolute Gasteiger partial charge is 0.301 e. The summed E-state index contributed by atoms with van der Waals surface area (Å²) in [5, 5.41) is 9.58. The van der Waals surface area contributed by atoms with Crippen LogP contribution in [0.15, 0.2) is 43.6 Å². The molecule has 0 aliphatic heterocycles. The quantitative estimate of drug-likeness (QED) is 0.863. The Morgan fingerprint density at radius 1 is 1.50 bits per heavy atom. The van der Waals surface area contributed by atoms with Gasteiger partial charge < -0.3 is 4.98 Å². The van der Waals surface area contributed by atoms with Crippen LogP contribution in [0.2, 0.25) is 0 Å². The molecule has 0 aliphatic carbocycles. The van der Waals surface area contributed by atoms with Crippen LogP contribution in [0.3, 0.4) is 0 Å². The van der Waals surface area contributed by atoms with Gasteiger partial charge >= 0.3 is 0 Å². The molecule has 90 valence electrons. The fourth-order valence-corrected chi connectivity index (χ4v) is 2.94. The molecule has 18 heavy (non-hydrogen) atoms. The number of nitrogens with one attached hydrogen (secondary N) is 1. The van der Waals surface area contributed by atoms with Gasteiger partial charge in [-0.25, -0.2) is 4.98 Å². The topological polar surface area (TPSA) is 69.5 Å². The molecule has 0 unspecified atom stereocenters. The summed E-state index contributed by atoms with van der Waals surface area (Å²) in [4.78, 5) is 18.9. The van der Waals surface area contributed by atoms with Crippen LogP contribution in [-0.4, -0.2) is 9.97 Å². The Labute approximate surface area is 116 Å². The predicted octanol–water partition coefficient (Wildman–Crippen LogP) is 2.86. The highest BCUT2D eigenvalue weighted by Gasteiger charge is 2.09. The van der Waals surface area contributed by atoms with Gasteiger partial charge in [0, 0.05) is 21.1 Å². The number of H-pyrrole nitrogens is 1. The molecule has 1 aromatic carbocycles. The van der Waals surface area contributed by atoms with Gasteiger partial charge in [-0.3, -0.25) is 4.79 Å². The maximum Gasteiger partial charge on any atom is 0.251 e. The van der Waals surface area contributed by atoms with Crippen molar-refractivity contribution >= 4 is 27.7 Å². The summed E-state index contributed by atoms with van der Waals surface area (Å²) >= 11 is 4.58. The maximum atomic E-state index is 11.3. The lowest BCUT2D eigenvalue weighted by molar-refractivity contribution is 0.905. The number of aryl methyl sites for hydroxylation is 1. The molecule has 1 heterocycles. The van der Waals surface area contributed by atoms with E-state index in [1.807, 2.05) is 12.1 Å². The minimum atomic E-state index is -0.196. The second-order valence-electron chi connectivity index (χ2n) is 3.52. The summed E-state index contributed by atoms with van der Waals surface area (Å²) in [7, 11) is 0. The van der Waals surface area contributed by atoms with Crippen LogP contribution in [0, 0.1) is 18.3 Å². The van der Waals surface area contributed by atoms with Gasteiger partial charge in [-0.05, 0) is 35.0 Å². The average molecular weight is 322 g/mol. The molecule has 2 rings (SSSR count). The second kappa shape index (κ2) is 5.38. The fraction of sp³-hybridized carbons (Fsp3) is 0.0833. The van der Waals surface area contributed by atoms with Crippen molar-refractivity contribution in [3.8, 4) is 6.07 Å². The monoisotopic (exact) mass is 321 g/mol. The molecule has 6 heteroatoms. The Morgan fingerprint density at radius 2 is 2.28 bits per heavy atom. The van der Waals surface area contributed by atoms with Gasteiger partial charge in [-0.1, -0.05) is 17.8 Å². The van der Waals surface area contributed by atoms with Crippen LogP contribution < -0.4 is 5.56 Å². The Bertz CT molecular complexity index is 690. The smallest absolute Gasteiger partial charge is 0.251 e. The zero-order chi connectivity index (χ0) is 13.1. The van der Waals surface area contributed by atoms with E-state index in [4.69, 9.17) is 5.26 Å². The number of nitrogens with zero attached hydrogens (tertiary/aromatic N) is 2. The SMILES string of the molecule is Cc1cc(=O)[nH]c(Sc2cccc(Br)c2C#N)n1. The van der Waals surface area contributed by atoms with Crippen molar-refractivity contribution in [2.45, 2.75) is 17.0 Å². The molecule has 1 aromatic heterocycles. The van der Waals surface area contributed by atoms with Crippen molar-refractivity contribution in [1.82, 2.24) is 9.97 Å². The first-order valence-corrected chi connectivity index (χ1v) is 6.65. The van der Waals surface area contributed by atoms with Crippen LogP contribution in [0.1, 0.15) is 11.3 Å². The van der Waals surface area contributed by atoms with E-state index in [0.29, 0.717) is 16.4 Å². The highest BCUT2D eigenvalue weighted by molar-refractivity contribution is 9.10. The van der Waals surface area contributed by atoms with Crippen LogP contribution in [0.25, 0.3) is 0 Å². The molecule has 0 spiro atoms. The van der Waals surface area contributed by atoms with E-state index in [-0.39, 0.29) is 5.56 Å². The summed E-state index contributed by atoms with van der Waals surface area (Å²) < 4.78 is 0.727. The van der Waals surface area contributed by atoms with Crippen LogP contribution >= 0.6 is 27.7 Å². The van der Waals surface area contributed by atoms with Gasteiger partial charge in [-0.2, -0.15) is 5.26 Å². The third-order valence-corrected chi connectivity index (χ3v) is 3.75. The third kappa shape index (κ3) is 2.81. The molecular formula is C12H8BrN3OS. The van der Waals surface area contributed by atoms with E-state index in [9.17, 15) is 4.79 Å². The number of nitriles is 1. The first kappa shape index (κ1) is 12.9. The number of rotatable bonds is 2. The fourth-order valence-electron chi connectivity index (χ4n) is 1.40. The summed E-state index contributed by atoms with van der Waals surface area (Å²) in [5.41, 5.74) is 0.986. The number of hydrogen-bond donors (Lipinski definition) is 1. The number of aromatic amines is 1. The van der Waals surface area contributed by atoms with E-state index in [2.05, 4.69) is 32.0 Å². The summed E-state index contributed by atoms with van der Waals surface area (Å²) in [5.74, 6) is 0. The lowest BCUT2D eigenvalue weighted by Gasteiger charge is -2.04. The summed E-state index contributed by atoms with van der Waals surface area (Å²) in [6.45, 7) is 1.76. The normalized spacial score (nSPS) is 10.1. The van der Waals surface area contributed by atoms with Crippen molar-refractivity contribution in [3.63, 3.8) is 0 Å². The van der Waals surface area contributed by atoms with Gasteiger partial charge in [0.05, 0.1) is 5.56 Å². The van der Waals surface area contributed by atoms with Gasteiger partial charge in [-0.15, -0.1) is 0 Å². The first-order chi connectivity index (χ1) is 8.60. The predicted molar refractivity (Wildman–Crippen MR) is 72.6 cm³/mol. The Kier molecular flexibility index (Phi) is 3.84. The Balaban J connectivity index is 2.44. The van der Waals surface area contributed by atoms with Crippen molar-refractivity contribution in [2.75, 3.05) is 0 Å². The molecule has 0 aliphatic rings. The molecule has 0 amide bonds. The van der Waals surface area contributed by atoms with Crippen LogP contribution in [0.4, 0.5) is 0 Å². The van der Waals surface area contributed by atoms with E-state index >= 15 is 0 Å². The van der Waals surface area contributed by atoms with Crippen molar-refractivity contribution < 1.29 is 0 Å². The molecule has 0 radical (unpaired) electrons. The number of hydrogen-bond acceptors (Lipinski definition) is 4. The van der Waals surface area contributed by atoms with E-state index in [0.717, 1.165) is 9.37 Å². The van der Waals surface area contributed by atoms with Gasteiger partial charge in [0.1, 0.15) is 6.07 Å². The van der Waals surface area contributed by atoms with Crippen molar-refractivity contribution in [1.29, 1.82) is 5.26 Å².